The van der Waals surface area contributed by atoms with E-state index in [1.165, 1.54) is 18.4 Å². The molecule has 0 unspecified atom stereocenters. The van der Waals surface area contributed by atoms with Gasteiger partial charge in [0.25, 0.3) is 0 Å². The fraction of sp³-hybridized carbons (Fsp3) is 0.333. The molecule has 0 atom stereocenters. The van der Waals surface area contributed by atoms with Crippen LogP contribution in [0.2, 0.25) is 0 Å². The number of alkyl halides is 2. The van der Waals surface area contributed by atoms with Crippen molar-refractivity contribution in [1.29, 1.82) is 0 Å². The number of hydrogen-bond acceptors (Lipinski definition) is 6. The molecule has 0 saturated carbocycles. The molecule has 1 amide bonds. The second-order valence-electron chi connectivity index (χ2n) is 8.10. The Kier molecular flexibility index (Phi) is 6.61. The van der Waals surface area contributed by atoms with Crippen molar-refractivity contribution >= 4 is 40.6 Å². The van der Waals surface area contributed by atoms with Crippen molar-refractivity contribution in [3.05, 3.63) is 47.2 Å². The van der Waals surface area contributed by atoms with Crippen LogP contribution in [0.1, 0.15) is 32.0 Å². The first-order valence-electron chi connectivity index (χ1n) is 9.41. The predicted octanol–water partition coefficient (Wildman–Crippen LogP) is 5.43. The van der Waals surface area contributed by atoms with E-state index in [1.54, 1.807) is 47.2 Å². The molecule has 0 spiro atoms. The first-order valence-corrected chi connectivity index (χ1v) is 11.2. The van der Waals surface area contributed by atoms with E-state index in [4.69, 9.17) is 0 Å². The predicted molar refractivity (Wildman–Crippen MR) is 119 cm³/mol. The van der Waals surface area contributed by atoms with E-state index in [2.05, 4.69) is 10.2 Å². The molecule has 0 aliphatic rings. The average molecular weight is 465 g/mol. The summed E-state index contributed by atoms with van der Waals surface area (Å²) in [7, 11) is 1.28. The van der Waals surface area contributed by atoms with E-state index in [0.29, 0.717) is 11.3 Å². The van der Waals surface area contributed by atoms with Gasteiger partial charge in [0.15, 0.2) is 5.82 Å². The second kappa shape index (κ2) is 8.88. The third-order valence-corrected chi connectivity index (χ3v) is 5.82. The number of carbonyl (C=O) groups excluding carboxylic acids is 2. The number of thioether (sulfide) groups is 1. The second-order valence-corrected chi connectivity index (χ2v) is 9.97. The molecule has 31 heavy (non-hydrogen) atoms. The molecular weight excluding hydrogens is 442 g/mol. The summed E-state index contributed by atoms with van der Waals surface area (Å²) in [6, 6.07) is 9.88. The van der Waals surface area contributed by atoms with Crippen LogP contribution < -0.4 is 4.90 Å². The minimum absolute atomic E-state index is 0.0766. The molecule has 164 valence electrons. The number of aromatic nitrogens is 3. The van der Waals surface area contributed by atoms with Gasteiger partial charge in [0.05, 0.1) is 0 Å². The van der Waals surface area contributed by atoms with E-state index >= 15 is 0 Å². The smallest absolute Gasteiger partial charge is 0.309 e. The van der Waals surface area contributed by atoms with Crippen molar-refractivity contribution in [2.45, 2.75) is 37.6 Å². The molecule has 2 heterocycles. The lowest BCUT2D eigenvalue weighted by Crippen LogP contribution is -2.39. The highest BCUT2D eigenvalue weighted by atomic mass is 32.2. The van der Waals surface area contributed by atoms with Crippen molar-refractivity contribution in [3.8, 4) is 11.4 Å². The van der Waals surface area contributed by atoms with Crippen LogP contribution in [-0.2, 0) is 4.79 Å². The van der Waals surface area contributed by atoms with Gasteiger partial charge in [-0.3, -0.25) is 9.59 Å². The molecule has 3 rings (SSSR count). The Balaban J connectivity index is 1.94. The Morgan fingerprint density at radius 3 is 2.39 bits per heavy atom. The normalized spacial score (nSPS) is 12.1. The Morgan fingerprint density at radius 1 is 1.13 bits per heavy atom. The summed E-state index contributed by atoms with van der Waals surface area (Å²) >= 11 is 1.31. The van der Waals surface area contributed by atoms with E-state index < -0.39 is 17.1 Å². The number of rotatable bonds is 6. The summed E-state index contributed by atoms with van der Waals surface area (Å²) in [5.74, 6) is -1.66. The van der Waals surface area contributed by atoms with Gasteiger partial charge in [-0.05, 0) is 40.8 Å². The number of nitrogens with zero attached hydrogens (tertiary/aromatic N) is 4. The van der Waals surface area contributed by atoms with Crippen LogP contribution in [0, 0.1) is 5.41 Å². The fourth-order valence-corrected chi connectivity index (χ4v) is 4.24. The summed E-state index contributed by atoms with van der Waals surface area (Å²) in [5, 5.41) is 7.18. The standard InChI is InChI=1S/C21H22F2N4O2S2/c1-20(2,3)12-16(28)27-17(14-10-11-30-13-14)24-25-19(27)31-21(22,23)18(29)26(4)15-8-6-5-7-9-15/h5-11,13H,12H2,1-4H3. The van der Waals surface area contributed by atoms with Gasteiger partial charge in [0, 0.05) is 30.1 Å². The minimum Gasteiger partial charge on any atom is -0.309 e. The molecule has 0 bridgehead atoms. The molecular formula is C21H22F2N4O2S2. The van der Waals surface area contributed by atoms with Crippen LogP contribution in [0.5, 0.6) is 0 Å². The lowest BCUT2D eigenvalue weighted by atomic mass is 9.92. The highest BCUT2D eigenvalue weighted by Crippen LogP contribution is 2.39. The third-order valence-electron chi connectivity index (χ3n) is 4.26. The van der Waals surface area contributed by atoms with Crippen LogP contribution >= 0.6 is 23.1 Å². The van der Waals surface area contributed by atoms with Crippen molar-refractivity contribution in [3.63, 3.8) is 0 Å². The third kappa shape index (κ3) is 5.37. The summed E-state index contributed by atoms with van der Waals surface area (Å²) in [6.07, 6.45) is 0.0964. The summed E-state index contributed by atoms with van der Waals surface area (Å²) in [4.78, 5) is 26.4. The van der Waals surface area contributed by atoms with Crippen molar-refractivity contribution in [2.75, 3.05) is 11.9 Å². The molecule has 0 aliphatic carbocycles. The number of thiophene rings is 1. The van der Waals surface area contributed by atoms with Crippen molar-refractivity contribution in [1.82, 2.24) is 14.8 Å². The maximum atomic E-state index is 15.0. The Morgan fingerprint density at radius 2 is 1.81 bits per heavy atom. The van der Waals surface area contributed by atoms with Gasteiger partial charge in [0.1, 0.15) is 0 Å². The molecule has 0 radical (unpaired) electrons. The Hall–Kier alpha value is -2.59. The van der Waals surface area contributed by atoms with Gasteiger partial charge >= 0.3 is 11.2 Å². The van der Waals surface area contributed by atoms with E-state index in [1.807, 2.05) is 20.8 Å². The number of hydrogen-bond donors (Lipinski definition) is 0. The maximum absolute atomic E-state index is 15.0. The van der Waals surface area contributed by atoms with Crippen LogP contribution in [0.15, 0.2) is 52.3 Å². The zero-order valence-corrected chi connectivity index (χ0v) is 19.1. The van der Waals surface area contributed by atoms with Crippen LogP contribution in [0.3, 0.4) is 0 Å². The van der Waals surface area contributed by atoms with Gasteiger partial charge in [-0.25, -0.2) is 4.57 Å². The lowest BCUT2D eigenvalue weighted by Gasteiger charge is -2.23. The van der Waals surface area contributed by atoms with E-state index in [-0.39, 0.29) is 34.6 Å². The monoisotopic (exact) mass is 464 g/mol. The molecule has 1 aromatic carbocycles. The number of carbonyl (C=O) groups is 2. The SMILES string of the molecule is CN(C(=O)C(F)(F)Sc1nnc(-c2ccsc2)n1C(=O)CC(C)(C)C)c1ccccc1. The lowest BCUT2D eigenvalue weighted by molar-refractivity contribution is -0.131. The number of benzene rings is 1. The molecule has 3 aromatic rings. The number of amides is 1. The molecule has 2 aromatic heterocycles. The van der Waals surface area contributed by atoms with E-state index in [0.717, 1.165) is 9.47 Å². The topological polar surface area (TPSA) is 68.1 Å². The molecule has 0 aliphatic heterocycles. The highest BCUT2D eigenvalue weighted by Gasteiger charge is 2.45. The Bertz CT molecular complexity index is 1060. The van der Waals surface area contributed by atoms with Crippen LogP contribution in [0.4, 0.5) is 14.5 Å². The van der Waals surface area contributed by atoms with Crippen molar-refractivity contribution < 1.29 is 18.4 Å². The summed E-state index contributed by atoms with van der Waals surface area (Å²) in [5.41, 5.74) is 0.556. The number of anilines is 1. The van der Waals surface area contributed by atoms with Gasteiger partial charge in [-0.15, -0.1) is 10.2 Å². The van der Waals surface area contributed by atoms with Crippen molar-refractivity contribution in [2.24, 2.45) is 5.41 Å². The zero-order valence-electron chi connectivity index (χ0n) is 17.5. The summed E-state index contributed by atoms with van der Waals surface area (Å²) < 4.78 is 31.0. The quantitative estimate of drug-likeness (QED) is 0.455. The first-order chi connectivity index (χ1) is 14.5. The van der Waals surface area contributed by atoms with Crippen LogP contribution in [0.25, 0.3) is 11.4 Å². The molecule has 0 saturated heterocycles. The zero-order chi connectivity index (χ0) is 22.8. The maximum Gasteiger partial charge on any atom is 0.378 e. The molecule has 0 fully saturated rings. The van der Waals surface area contributed by atoms with Crippen LogP contribution in [-0.4, -0.2) is 38.9 Å². The molecule has 0 N–H and O–H groups in total. The highest BCUT2D eigenvalue weighted by molar-refractivity contribution is 8.01. The Labute approximate surface area is 187 Å². The fourth-order valence-electron chi connectivity index (χ4n) is 2.79. The van der Waals surface area contributed by atoms with E-state index in [9.17, 15) is 18.4 Å². The first kappa shape index (κ1) is 23.1. The van der Waals surface area contributed by atoms with Gasteiger partial charge in [-0.2, -0.15) is 20.1 Å². The molecule has 6 nitrogen and oxygen atoms in total. The van der Waals surface area contributed by atoms with Gasteiger partial charge in [-0.1, -0.05) is 39.0 Å². The van der Waals surface area contributed by atoms with Gasteiger partial charge < -0.3 is 4.90 Å². The van der Waals surface area contributed by atoms with Gasteiger partial charge in [0.2, 0.25) is 11.1 Å². The number of halogens is 2. The average Bonchev–Trinajstić information content (AvgIpc) is 3.35. The molecule has 10 heteroatoms. The number of para-hydroxylation sites is 1. The minimum atomic E-state index is -3.86. The summed E-state index contributed by atoms with van der Waals surface area (Å²) in [6.45, 7) is 5.62. The largest absolute Gasteiger partial charge is 0.378 e.